The van der Waals surface area contributed by atoms with Crippen molar-refractivity contribution in [3.8, 4) is 5.75 Å². The lowest BCUT2D eigenvalue weighted by Crippen LogP contribution is -2.30. The van der Waals surface area contributed by atoms with Gasteiger partial charge in [-0.1, -0.05) is 12.1 Å². The Balaban J connectivity index is 2.19. The fourth-order valence-electron chi connectivity index (χ4n) is 2.47. The zero-order valence-electron chi connectivity index (χ0n) is 15.6. The monoisotopic (exact) mass is 407 g/mol. The number of benzene rings is 2. The van der Waals surface area contributed by atoms with Crippen LogP contribution >= 0.6 is 0 Å². The van der Waals surface area contributed by atoms with Crippen LogP contribution in [0.3, 0.4) is 0 Å². The van der Waals surface area contributed by atoms with Gasteiger partial charge in [0.15, 0.2) is 0 Å². The molecule has 9 nitrogen and oxygen atoms in total. The Morgan fingerprint density at radius 1 is 1.21 bits per heavy atom. The number of nitro benzene ring substituents is 1. The molecule has 2 aromatic carbocycles. The molecule has 10 heteroatoms. The maximum absolute atomic E-state index is 12.5. The molecule has 2 rings (SSSR count). The minimum atomic E-state index is -3.66. The lowest BCUT2D eigenvalue weighted by atomic mass is 10.1. The smallest absolute Gasteiger partial charge is 0.270 e. The van der Waals surface area contributed by atoms with E-state index >= 15 is 0 Å². The molecule has 0 unspecified atom stereocenters. The number of methoxy groups -OCH3 is 1. The molecule has 0 radical (unpaired) electrons. The van der Waals surface area contributed by atoms with Crippen LogP contribution in [0.4, 0.5) is 5.69 Å². The fraction of sp³-hybridized carbons (Fsp3) is 0.278. The quantitative estimate of drug-likeness (QED) is 0.510. The number of ether oxygens (including phenoxy) is 1. The van der Waals surface area contributed by atoms with Crippen molar-refractivity contribution < 1.29 is 22.9 Å². The molecule has 150 valence electrons. The summed E-state index contributed by atoms with van der Waals surface area (Å²) in [6.07, 6.45) is 0. The maximum atomic E-state index is 12.5. The number of carbonyl (C=O) groups excluding carboxylic acids is 1. The van der Waals surface area contributed by atoms with E-state index in [0.29, 0.717) is 5.56 Å². The molecular formula is C18H21N3O6S. The van der Waals surface area contributed by atoms with E-state index in [-0.39, 0.29) is 34.5 Å². The number of sulfonamides is 1. The van der Waals surface area contributed by atoms with Gasteiger partial charge in [-0.05, 0) is 37.6 Å². The van der Waals surface area contributed by atoms with E-state index in [4.69, 9.17) is 4.74 Å². The number of nitro groups is 1. The average Bonchev–Trinajstić information content (AvgIpc) is 2.64. The van der Waals surface area contributed by atoms with Crippen molar-refractivity contribution in [1.82, 2.24) is 10.0 Å². The van der Waals surface area contributed by atoms with Crippen LogP contribution in [0.2, 0.25) is 0 Å². The number of amides is 1. The second kappa shape index (κ2) is 8.81. The van der Waals surface area contributed by atoms with Gasteiger partial charge in [0, 0.05) is 24.7 Å². The van der Waals surface area contributed by atoms with Crippen LogP contribution in [0.1, 0.15) is 29.8 Å². The maximum Gasteiger partial charge on any atom is 0.270 e. The molecule has 2 aromatic rings. The van der Waals surface area contributed by atoms with Crippen LogP contribution in [0.15, 0.2) is 47.4 Å². The highest BCUT2D eigenvalue weighted by molar-refractivity contribution is 7.89. The van der Waals surface area contributed by atoms with Crippen LogP contribution in [0.25, 0.3) is 0 Å². The molecule has 0 heterocycles. The molecule has 0 fully saturated rings. The molecule has 2 N–H and O–H groups in total. The van der Waals surface area contributed by atoms with Gasteiger partial charge in [-0.2, -0.15) is 0 Å². The minimum Gasteiger partial charge on any atom is -0.496 e. The molecule has 0 aliphatic carbocycles. The van der Waals surface area contributed by atoms with E-state index in [1.165, 1.54) is 31.4 Å². The van der Waals surface area contributed by atoms with Crippen LogP contribution in [0.5, 0.6) is 5.75 Å². The summed E-state index contributed by atoms with van der Waals surface area (Å²) in [6, 6.07) is 9.61. The fourth-order valence-corrected chi connectivity index (χ4v) is 3.79. The third-order valence-corrected chi connectivity index (χ3v) is 5.35. The average molecular weight is 407 g/mol. The molecule has 28 heavy (non-hydrogen) atoms. The van der Waals surface area contributed by atoms with Gasteiger partial charge >= 0.3 is 0 Å². The summed E-state index contributed by atoms with van der Waals surface area (Å²) in [4.78, 5) is 22.9. The van der Waals surface area contributed by atoms with Crippen molar-refractivity contribution >= 4 is 21.6 Å². The molecule has 0 bridgehead atoms. The first kappa shape index (κ1) is 21.3. The van der Waals surface area contributed by atoms with E-state index in [2.05, 4.69) is 10.0 Å². The molecule has 0 aliphatic heterocycles. The molecule has 0 saturated heterocycles. The van der Waals surface area contributed by atoms with Crippen LogP contribution in [-0.2, 0) is 16.6 Å². The zero-order valence-corrected chi connectivity index (χ0v) is 16.4. The van der Waals surface area contributed by atoms with Gasteiger partial charge in [0.2, 0.25) is 10.0 Å². The highest BCUT2D eigenvalue weighted by Crippen LogP contribution is 2.24. The Bertz CT molecular complexity index is 989. The summed E-state index contributed by atoms with van der Waals surface area (Å²) in [5, 5.41) is 13.6. The molecule has 0 aromatic heterocycles. The third kappa shape index (κ3) is 5.27. The summed E-state index contributed by atoms with van der Waals surface area (Å²) in [6.45, 7) is 3.47. The van der Waals surface area contributed by atoms with E-state index in [1.807, 2.05) is 0 Å². The highest BCUT2D eigenvalue weighted by atomic mass is 32.2. The Morgan fingerprint density at radius 3 is 2.54 bits per heavy atom. The summed E-state index contributed by atoms with van der Waals surface area (Å²) in [5.41, 5.74) is 0.338. The van der Waals surface area contributed by atoms with Crippen molar-refractivity contribution in [2.24, 2.45) is 0 Å². The van der Waals surface area contributed by atoms with E-state index in [1.54, 1.807) is 26.0 Å². The minimum absolute atomic E-state index is 0.0157. The van der Waals surface area contributed by atoms with Gasteiger partial charge in [-0.15, -0.1) is 0 Å². The Labute approximate surface area is 162 Å². The van der Waals surface area contributed by atoms with Crippen molar-refractivity contribution in [2.75, 3.05) is 7.11 Å². The van der Waals surface area contributed by atoms with Crippen molar-refractivity contribution in [3.63, 3.8) is 0 Å². The van der Waals surface area contributed by atoms with Crippen molar-refractivity contribution in [1.29, 1.82) is 0 Å². The topological polar surface area (TPSA) is 128 Å². The Hall–Kier alpha value is -2.98. The van der Waals surface area contributed by atoms with Crippen molar-refractivity contribution in [2.45, 2.75) is 31.3 Å². The molecular weight excluding hydrogens is 386 g/mol. The summed E-state index contributed by atoms with van der Waals surface area (Å²) in [5.74, 6) is -0.380. The number of hydrogen-bond donors (Lipinski definition) is 2. The number of hydrogen-bond acceptors (Lipinski definition) is 6. The molecule has 0 saturated carbocycles. The number of rotatable bonds is 8. The first-order valence-corrected chi connectivity index (χ1v) is 9.84. The van der Waals surface area contributed by atoms with E-state index in [0.717, 1.165) is 6.07 Å². The number of nitrogens with one attached hydrogen (secondary N) is 2. The third-order valence-electron chi connectivity index (χ3n) is 3.69. The van der Waals surface area contributed by atoms with Gasteiger partial charge in [0.05, 0.1) is 22.5 Å². The van der Waals surface area contributed by atoms with Gasteiger partial charge in [0.1, 0.15) is 5.75 Å². The van der Waals surface area contributed by atoms with E-state index < -0.39 is 20.9 Å². The van der Waals surface area contributed by atoms with E-state index in [9.17, 15) is 23.3 Å². The van der Waals surface area contributed by atoms with Gasteiger partial charge < -0.3 is 10.1 Å². The molecule has 1 amide bonds. The summed E-state index contributed by atoms with van der Waals surface area (Å²) >= 11 is 0. The first-order valence-electron chi connectivity index (χ1n) is 8.36. The number of nitrogens with zero attached hydrogens (tertiary/aromatic N) is 1. The van der Waals surface area contributed by atoms with Gasteiger partial charge in [-0.3, -0.25) is 14.9 Å². The predicted octanol–water partition coefficient (Wildman–Crippen LogP) is 2.22. The number of carbonyl (C=O) groups is 1. The Morgan fingerprint density at radius 2 is 1.93 bits per heavy atom. The largest absolute Gasteiger partial charge is 0.496 e. The van der Waals surface area contributed by atoms with Gasteiger partial charge in [0.25, 0.3) is 11.6 Å². The molecule has 0 atom stereocenters. The molecule has 0 spiro atoms. The van der Waals surface area contributed by atoms with Crippen LogP contribution in [-0.4, -0.2) is 32.4 Å². The zero-order chi connectivity index (χ0) is 20.9. The normalized spacial score (nSPS) is 11.3. The molecule has 0 aliphatic rings. The Kier molecular flexibility index (Phi) is 6.71. The second-order valence-corrected chi connectivity index (χ2v) is 7.96. The van der Waals surface area contributed by atoms with Gasteiger partial charge in [-0.25, -0.2) is 13.1 Å². The standard InChI is InChI=1S/C18H21N3O6S/c1-12(2)20-28(25,26)15-6-4-5-13(9-15)11-19-18(22)16-10-14(21(23)24)7-8-17(16)27-3/h4-10,12,20H,11H2,1-3H3,(H,19,22). The summed E-state index contributed by atoms with van der Waals surface area (Å²) in [7, 11) is -2.30. The lowest BCUT2D eigenvalue weighted by molar-refractivity contribution is -0.384. The first-order chi connectivity index (χ1) is 13.1. The highest BCUT2D eigenvalue weighted by Gasteiger charge is 2.18. The predicted molar refractivity (Wildman–Crippen MR) is 103 cm³/mol. The summed E-state index contributed by atoms with van der Waals surface area (Å²) < 4.78 is 32.1. The lowest BCUT2D eigenvalue weighted by Gasteiger charge is -2.12. The SMILES string of the molecule is COc1ccc([N+](=O)[O-])cc1C(=O)NCc1cccc(S(=O)(=O)NC(C)C)c1. The second-order valence-electron chi connectivity index (χ2n) is 6.25. The van der Waals surface area contributed by atoms with Crippen LogP contribution in [0, 0.1) is 10.1 Å². The number of non-ortho nitro benzene ring substituents is 1. The van der Waals surface area contributed by atoms with Crippen molar-refractivity contribution in [3.05, 3.63) is 63.7 Å². The van der Waals surface area contributed by atoms with Crippen LogP contribution < -0.4 is 14.8 Å².